The first kappa shape index (κ1) is 14.2. The van der Waals surface area contributed by atoms with Gasteiger partial charge in [0.25, 0.3) is 10.2 Å². The Hall–Kier alpha value is 0.120. The number of rotatable bonds is 2. The summed E-state index contributed by atoms with van der Waals surface area (Å²) in [6.45, 7) is 5.36. The lowest BCUT2D eigenvalue weighted by atomic mass is 10.3. The average molecular weight is 270 g/mol. The van der Waals surface area contributed by atoms with Gasteiger partial charge in [0.2, 0.25) is 0 Å². The van der Waals surface area contributed by atoms with Crippen molar-refractivity contribution in [1.82, 2.24) is 13.9 Å². The smallest absolute Gasteiger partial charge is 0.282 e. The Morgan fingerprint density at radius 2 is 1.75 bits per heavy atom. The summed E-state index contributed by atoms with van der Waals surface area (Å²) in [5, 5.41) is 3.25. The molecule has 5 nitrogen and oxygen atoms in total. The molecular formula is C9H20ClN3O2S. The van der Waals surface area contributed by atoms with Crippen LogP contribution in [0.3, 0.4) is 0 Å². The predicted molar refractivity (Wildman–Crippen MR) is 66.0 cm³/mol. The van der Waals surface area contributed by atoms with E-state index in [-0.39, 0.29) is 18.4 Å². The Labute approximate surface area is 104 Å². The van der Waals surface area contributed by atoms with Crippen molar-refractivity contribution in [2.24, 2.45) is 0 Å². The summed E-state index contributed by atoms with van der Waals surface area (Å²) in [7, 11) is -3.17. The molecule has 0 unspecified atom stereocenters. The summed E-state index contributed by atoms with van der Waals surface area (Å²) in [6.07, 6.45) is 2.00. The molecule has 2 aliphatic heterocycles. The van der Waals surface area contributed by atoms with Gasteiger partial charge < -0.3 is 5.32 Å². The van der Waals surface area contributed by atoms with Gasteiger partial charge in [0, 0.05) is 38.8 Å². The lowest BCUT2D eigenvalue weighted by molar-refractivity contribution is 0.288. The third-order valence-electron chi connectivity index (χ3n) is 3.05. The first-order valence-electron chi connectivity index (χ1n) is 5.59. The van der Waals surface area contributed by atoms with Gasteiger partial charge in [-0.3, -0.25) is 0 Å². The quantitative estimate of drug-likeness (QED) is 0.770. The number of piperazine rings is 1. The number of halogens is 1. The Balaban J connectivity index is 0.00000128. The van der Waals surface area contributed by atoms with E-state index in [4.69, 9.17) is 0 Å². The first-order valence-corrected chi connectivity index (χ1v) is 6.99. The van der Waals surface area contributed by atoms with Gasteiger partial charge in [-0.2, -0.15) is 17.0 Å². The number of hydrogen-bond donors (Lipinski definition) is 1. The van der Waals surface area contributed by atoms with Crippen LogP contribution in [0, 0.1) is 0 Å². The molecule has 0 radical (unpaired) electrons. The monoisotopic (exact) mass is 269 g/mol. The van der Waals surface area contributed by atoms with E-state index in [1.54, 1.807) is 8.61 Å². The molecule has 2 saturated heterocycles. The van der Waals surface area contributed by atoms with E-state index in [9.17, 15) is 8.42 Å². The van der Waals surface area contributed by atoms with Gasteiger partial charge in [-0.05, 0) is 19.8 Å². The second-order valence-corrected chi connectivity index (χ2v) is 6.26. The van der Waals surface area contributed by atoms with Crippen LogP contribution in [0.5, 0.6) is 0 Å². The summed E-state index contributed by atoms with van der Waals surface area (Å²) < 4.78 is 27.5. The fraction of sp³-hybridized carbons (Fsp3) is 1.00. The summed E-state index contributed by atoms with van der Waals surface area (Å²) in [4.78, 5) is 0. The number of nitrogens with zero attached hydrogens (tertiary/aromatic N) is 2. The van der Waals surface area contributed by atoms with Crippen molar-refractivity contribution in [2.45, 2.75) is 25.8 Å². The van der Waals surface area contributed by atoms with Crippen molar-refractivity contribution in [3.63, 3.8) is 0 Å². The van der Waals surface area contributed by atoms with Crippen LogP contribution in [0.2, 0.25) is 0 Å². The molecule has 0 spiro atoms. The number of nitrogens with one attached hydrogen (secondary N) is 1. The minimum absolute atomic E-state index is 0. The molecule has 2 aliphatic rings. The molecule has 1 N–H and O–H groups in total. The molecule has 0 saturated carbocycles. The molecule has 0 bridgehead atoms. The standard InChI is InChI=1S/C9H19N3O2S.ClH/c1-9-8-12(7-4-10-9)15(13,14)11-5-2-3-6-11;/h9-10H,2-8H2,1H3;1H/t9-;/m1./s1. The van der Waals surface area contributed by atoms with E-state index in [2.05, 4.69) is 5.32 Å². The Morgan fingerprint density at radius 1 is 1.12 bits per heavy atom. The summed E-state index contributed by atoms with van der Waals surface area (Å²) >= 11 is 0. The zero-order valence-corrected chi connectivity index (χ0v) is 11.2. The van der Waals surface area contributed by atoms with Crippen LogP contribution in [-0.2, 0) is 10.2 Å². The van der Waals surface area contributed by atoms with Crippen molar-refractivity contribution in [1.29, 1.82) is 0 Å². The van der Waals surface area contributed by atoms with E-state index in [0.717, 1.165) is 19.4 Å². The Kier molecular flexibility index (Phi) is 5.00. The van der Waals surface area contributed by atoms with Crippen LogP contribution in [0.1, 0.15) is 19.8 Å². The molecule has 96 valence electrons. The highest BCUT2D eigenvalue weighted by atomic mass is 35.5. The van der Waals surface area contributed by atoms with Crippen molar-refractivity contribution in [3.05, 3.63) is 0 Å². The van der Waals surface area contributed by atoms with Gasteiger partial charge in [-0.1, -0.05) is 0 Å². The third kappa shape index (κ3) is 2.87. The van der Waals surface area contributed by atoms with E-state index >= 15 is 0 Å². The summed E-state index contributed by atoms with van der Waals surface area (Å²) in [5.74, 6) is 0. The van der Waals surface area contributed by atoms with E-state index in [1.165, 1.54) is 0 Å². The Morgan fingerprint density at radius 3 is 2.31 bits per heavy atom. The van der Waals surface area contributed by atoms with Gasteiger partial charge in [0.05, 0.1) is 0 Å². The van der Waals surface area contributed by atoms with Crippen molar-refractivity contribution in [2.75, 3.05) is 32.7 Å². The van der Waals surface area contributed by atoms with Crippen LogP contribution in [0.4, 0.5) is 0 Å². The largest absolute Gasteiger partial charge is 0.312 e. The minimum Gasteiger partial charge on any atom is -0.312 e. The highest BCUT2D eigenvalue weighted by Gasteiger charge is 2.33. The average Bonchev–Trinajstić information content (AvgIpc) is 2.71. The maximum atomic E-state index is 12.2. The van der Waals surface area contributed by atoms with Crippen molar-refractivity contribution in [3.8, 4) is 0 Å². The molecule has 0 aromatic carbocycles. The van der Waals surface area contributed by atoms with Gasteiger partial charge in [-0.25, -0.2) is 0 Å². The molecule has 16 heavy (non-hydrogen) atoms. The lowest BCUT2D eigenvalue weighted by Crippen LogP contribution is -2.54. The fourth-order valence-corrected chi connectivity index (χ4v) is 3.97. The zero-order valence-electron chi connectivity index (χ0n) is 9.55. The maximum absolute atomic E-state index is 12.2. The van der Waals surface area contributed by atoms with Crippen molar-refractivity contribution >= 4 is 22.6 Å². The first-order chi connectivity index (χ1) is 7.10. The molecule has 2 rings (SSSR count). The second kappa shape index (κ2) is 5.64. The van der Waals surface area contributed by atoms with Crippen LogP contribution >= 0.6 is 12.4 Å². The fourth-order valence-electron chi connectivity index (χ4n) is 2.19. The van der Waals surface area contributed by atoms with Crippen LogP contribution in [-0.4, -0.2) is 55.8 Å². The molecule has 1 atom stereocenters. The van der Waals surface area contributed by atoms with Crippen LogP contribution in [0.15, 0.2) is 0 Å². The normalized spacial score (nSPS) is 28.9. The zero-order chi connectivity index (χ0) is 10.9. The molecule has 0 aliphatic carbocycles. The van der Waals surface area contributed by atoms with Gasteiger partial charge in [-0.15, -0.1) is 12.4 Å². The summed E-state index contributed by atoms with van der Waals surface area (Å²) in [6, 6.07) is 0.260. The van der Waals surface area contributed by atoms with Gasteiger partial charge in [0.1, 0.15) is 0 Å². The molecular weight excluding hydrogens is 250 g/mol. The highest BCUT2D eigenvalue weighted by Crippen LogP contribution is 2.17. The third-order valence-corrected chi connectivity index (χ3v) is 5.05. The molecule has 0 amide bonds. The van der Waals surface area contributed by atoms with E-state index < -0.39 is 10.2 Å². The second-order valence-electron chi connectivity index (χ2n) is 4.33. The molecule has 2 fully saturated rings. The molecule has 0 aromatic rings. The molecule has 0 aromatic heterocycles. The molecule has 7 heteroatoms. The summed E-state index contributed by atoms with van der Waals surface area (Å²) in [5.41, 5.74) is 0. The Bertz CT molecular complexity index is 317. The number of hydrogen-bond acceptors (Lipinski definition) is 3. The SMILES string of the molecule is C[C@@H]1CN(S(=O)(=O)N2CCCC2)CCN1.Cl. The lowest BCUT2D eigenvalue weighted by Gasteiger charge is -2.33. The predicted octanol–water partition coefficient (Wildman–Crippen LogP) is 0.0425. The molecule has 2 heterocycles. The highest BCUT2D eigenvalue weighted by molar-refractivity contribution is 7.86. The topological polar surface area (TPSA) is 52.7 Å². The maximum Gasteiger partial charge on any atom is 0.282 e. The minimum atomic E-state index is -3.17. The van der Waals surface area contributed by atoms with Gasteiger partial charge >= 0.3 is 0 Å². The van der Waals surface area contributed by atoms with Crippen molar-refractivity contribution < 1.29 is 8.42 Å². The van der Waals surface area contributed by atoms with Crippen LogP contribution in [0.25, 0.3) is 0 Å². The van der Waals surface area contributed by atoms with E-state index in [0.29, 0.717) is 26.2 Å². The van der Waals surface area contributed by atoms with E-state index in [1.807, 2.05) is 6.92 Å². The van der Waals surface area contributed by atoms with Crippen LogP contribution < -0.4 is 5.32 Å². The van der Waals surface area contributed by atoms with Gasteiger partial charge in [0.15, 0.2) is 0 Å².